The number of nitrogens with zero attached hydrogens (tertiary/aromatic N) is 2. The van der Waals surface area contributed by atoms with Gasteiger partial charge in [-0.15, -0.1) is 5.10 Å². The fraction of sp³-hybridized carbons (Fsp3) is 0.167. The molecule has 0 aliphatic carbocycles. The van der Waals surface area contributed by atoms with E-state index in [0.717, 1.165) is 5.56 Å². The van der Waals surface area contributed by atoms with Crippen LogP contribution in [0.2, 0.25) is 0 Å². The summed E-state index contributed by atoms with van der Waals surface area (Å²) in [5, 5.41) is 25.9. The minimum Gasteiger partial charge on any atom is -0.508 e. The predicted octanol–water partition coefficient (Wildman–Crippen LogP) is 0.908. The van der Waals surface area contributed by atoms with E-state index in [-0.39, 0.29) is 17.0 Å². The average molecular weight is 276 g/mol. The Morgan fingerprint density at radius 3 is 2.55 bits per heavy atom. The summed E-state index contributed by atoms with van der Waals surface area (Å²) in [4.78, 5) is 21.3. The Labute approximate surface area is 113 Å². The highest BCUT2D eigenvalue weighted by Crippen LogP contribution is 2.20. The molecular weight excluding hydrogens is 264 g/mol. The zero-order valence-corrected chi connectivity index (χ0v) is 10.4. The number of aromatic hydroxyl groups is 1. The van der Waals surface area contributed by atoms with Gasteiger partial charge in [0.05, 0.1) is 0 Å². The molecule has 0 fully saturated rings. The minimum atomic E-state index is -0.883. The van der Waals surface area contributed by atoms with Gasteiger partial charge in [-0.3, -0.25) is 4.79 Å². The van der Waals surface area contributed by atoms with Gasteiger partial charge in [-0.2, -0.15) is 0 Å². The van der Waals surface area contributed by atoms with E-state index >= 15 is 0 Å². The number of hydrogen-bond acceptors (Lipinski definition) is 5. The lowest BCUT2D eigenvalue weighted by molar-refractivity contribution is -0.389. The molecule has 8 heteroatoms. The molecule has 0 spiro atoms. The summed E-state index contributed by atoms with van der Waals surface area (Å²) < 4.78 is 0. The average Bonchev–Trinajstić information content (AvgIpc) is 2.82. The molecule has 1 amide bonds. The van der Waals surface area contributed by atoms with Crippen molar-refractivity contribution in [2.24, 2.45) is 5.73 Å². The van der Waals surface area contributed by atoms with Crippen LogP contribution in [-0.4, -0.2) is 26.1 Å². The smallest absolute Gasteiger partial charge is 0.355 e. The minimum absolute atomic E-state index is 0.155. The number of nitro groups is 1. The lowest BCUT2D eigenvalue weighted by Gasteiger charge is -2.00. The molecule has 8 nitrogen and oxygen atoms in total. The molecule has 0 radical (unpaired) electrons. The van der Waals surface area contributed by atoms with E-state index in [9.17, 15) is 14.9 Å². The second-order valence-corrected chi connectivity index (χ2v) is 4.18. The summed E-state index contributed by atoms with van der Waals surface area (Å²) in [6.45, 7) is 0. The molecule has 0 atom stereocenters. The van der Waals surface area contributed by atoms with Crippen LogP contribution >= 0.6 is 0 Å². The monoisotopic (exact) mass is 276 g/mol. The lowest BCUT2D eigenvalue weighted by Crippen LogP contribution is -2.14. The summed E-state index contributed by atoms with van der Waals surface area (Å²) in [5.74, 6) is -1.22. The standard InChI is InChI=1S/C12H12N4O4/c13-11(18)10-9(14-15-12(10)16(19)20)6-3-7-1-4-8(17)5-2-7/h1-2,4-5,17H,3,6H2,(H2,13,18)(H,14,15). The number of phenols is 1. The topological polar surface area (TPSA) is 135 Å². The summed E-state index contributed by atoms with van der Waals surface area (Å²) in [5.41, 5.74) is 6.13. The number of carbonyl (C=O) groups is 1. The molecule has 1 aromatic carbocycles. The summed E-state index contributed by atoms with van der Waals surface area (Å²) in [6.07, 6.45) is 0.843. The van der Waals surface area contributed by atoms with Gasteiger partial charge in [-0.1, -0.05) is 17.2 Å². The van der Waals surface area contributed by atoms with E-state index in [1.165, 1.54) is 12.1 Å². The second-order valence-electron chi connectivity index (χ2n) is 4.18. The van der Waals surface area contributed by atoms with Crippen molar-refractivity contribution in [1.29, 1.82) is 0 Å². The van der Waals surface area contributed by atoms with Crippen molar-refractivity contribution in [3.05, 3.63) is 51.2 Å². The Morgan fingerprint density at radius 2 is 2.00 bits per heavy atom. The summed E-state index contributed by atoms with van der Waals surface area (Å²) >= 11 is 0. The van der Waals surface area contributed by atoms with Crippen LogP contribution in [0.1, 0.15) is 21.6 Å². The number of carbonyl (C=O) groups excluding carboxylic acids is 1. The van der Waals surface area contributed by atoms with Crippen molar-refractivity contribution in [2.75, 3.05) is 0 Å². The first-order valence-corrected chi connectivity index (χ1v) is 5.78. The third-order valence-electron chi connectivity index (χ3n) is 2.84. The number of nitrogens with two attached hydrogens (primary N) is 1. The van der Waals surface area contributed by atoms with E-state index < -0.39 is 16.6 Å². The van der Waals surface area contributed by atoms with Gasteiger partial charge >= 0.3 is 5.82 Å². The van der Waals surface area contributed by atoms with Crippen LogP contribution in [0.15, 0.2) is 24.3 Å². The highest BCUT2D eigenvalue weighted by Gasteiger charge is 2.25. The Kier molecular flexibility index (Phi) is 3.65. The lowest BCUT2D eigenvalue weighted by atomic mass is 10.1. The maximum absolute atomic E-state index is 11.3. The third kappa shape index (κ3) is 2.74. The highest BCUT2D eigenvalue weighted by molar-refractivity contribution is 5.97. The zero-order chi connectivity index (χ0) is 14.7. The Morgan fingerprint density at radius 1 is 1.35 bits per heavy atom. The van der Waals surface area contributed by atoms with Gasteiger partial charge in [0.15, 0.2) is 5.56 Å². The molecule has 0 saturated carbocycles. The number of aryl methyl sites for hydroxylation is 2. The van der Waals surface area contributed by atoms with Crippen molar-refractivity contribution in [3.63, 3.8) is 0 Å². The molecule has 1 aromatic heterocycles. The predicted molar refractivity (Wildman–Crippen MR) is 69.3 cm³/mol. The Hall–Kier alpha value is -2.90. The number of phenolic OH excluding ortho intramolecular Hbond substituents is 1. The highest BCUT2D eigenvalue weighted by atomic mass is 16.6. The number of aromatic nitrogens is 2. The van der Waals surface area contributed by atoms with Gasteiger partial charge in [0, 0.05) is 0 Å². The largest absolute Gasteiger partial charge is 0.508 e. The maximum atomic E-state index is 11.3. The maximum Gasteiger partial charge on any atom is 0.355 e. The molecule has 4 N–H and O–H groups in total. The van der Waals surface area contributed by atoms with Gasteiger partial charge < -0.3 is 21.0 Å². The fourth-order valence-corrected chi connectivity index (χ4v) is 1.87. The van der Waals surface area contributed by atoms with Crippen LogP contribution in [0, 0.1) is 10.1 Å². The number of hydrogen-bond donors (Lipinski definition) is 3. The van der Waals surface area contributed by atoms with E-state index in [0.29, 0.717) is 12.8 Å². The van der Waals surface area contributed by atoms with Gasteiger partial charge in [-0.05, 0) is 35.5 Å². The van der Waals surface area contributed by atoms with Crippen molar-refractivity contribution in [1.82, 2.24) is 10.2 Å². The van der Waals surface area contributed by atoms with Gasteiger partial charge in [0.2, 0.25) is 0 Å². The number of H-pyrrole nitrogens is 1. The van der Waals surface area contributed by atoms with Crippen molar-refractivity contribution < 1.29 is 14.8 Å². The van der Waals surface area contributed by atoms with E-state index in [4.69, 9.17) is 10.8 Å². The zero-order valence-electron chi connectivity index (χ0n) is 10.4. The van der Waals surface area contributed by atoms with Crippen LogP contribution in [0.3, 0.4) is 0 Å². The molecular formula is C12H12N4O4. The van der Waals surface area contributed by atoms with Crippen LogP contribution in [-0.2, 0) is 12.8 Å². The van der Waals surface area contributed by atoms with Crippen LogP contribution in [0.5, 0.6) is 5.75 Å². The first kappa shape index (κ1) is 13.5. The van der Waals surface area contributed by atoms with E-state index in [1.807, 2.05) is 0 Å². The molecule has 104 valence electrons. The number of amides is 1. The van der Waals surface area contributed by atoms with Gasteiger partial charge in [-0.25, -0.2) is 0 Å². The molecule has 0 unspecified atom stereocenters. The third-order valence-corrected chi connectivity index (χ3v) is 2.84. The fourth-order valence-electron chi connectivity index (χ4n) is 1.87. The molecule has 2 aromatic rings. The number of nitrogens with one attached hydrogen (secondary N) is 1. The molecule has 2 rings (SSSR count). The van der Waals surface area contributed by atoms with Crippen molar-refractivity contribution >= 4 is 11.7 Å². The number of primary amides is 1. The normalized spacial score (nSPS) is 10.4. The molecule has 0 aliphatic rings. The van der Waals surface area contributed by atoms with Crippen molar-refractivity contribution in [3.8, 4) is 5.75 Å². The molecule has 0 saturated heterocycles. The molecule has 0 aliphatic heterocycles. The van der Waals surface area contributed by atoms with Crippen molar-refractivity contribution in [2.45, 2.75) is 12.8 Å². The van der Waals surface area contributed by atoms with Crippen LogP contribution in [0.4, 0.5) is 5.82 Å². The first-order valence-electron chi connectivity index (χ1n) is 5.78. The second kappa shape index (κ2) is 5.39. The van der Waals surface area contributed by atoms with Gasteiger partial charge in [0.1, 0.15) is 11.4 Å². The van der Waals surface area contributed by atoms with Gasteiger partial charge in [0.25, 0.3) is 5.91 Å². The first-order chi connectivity index (χ1) is 9.49. The Balaban J connectivity index is 2.19. The molecule has 20 heavy (non-hydrogen) atoms. The van der Waals surface area contributed by atoms with Crippen LogP contribution < -0.4 is 5.73 Å². The van der Waals surface area contributed by atoms with Crippen LogP contribution in [0.25, 0.3) is 0 Å². The summed E-state index contributed by atoms with van der Waals surface area (Å²) in [6, 6.07) is 6.52. The molecule has 0 bridgehead atoms. The summed E-state index contributed by atoms with van der Waals surface area (Å²) in [7, 11) is 0. The SMILES string of the molecule is NC(=O)c1c(CCc2ccc(O)cc2)n[nH]c1[N+](=O)[O-]. The number of rotatable bonds is 5. The quantitative estimate of drug-likeness (QED) is 0.550. The Bertz CT molecular complexity index is 648. The number of aromatic amines is 1. The van der Waals surface area contributed by atoms with E-state index in [2.05, 4.69) is 10.2 Å². The number of benzene rings is 1. The molecule has 1 heterocycles. The van der Waals surface area contributed by atoms with E-state index in [1.54, 1.807) is 12.1 Å².